The molecule has 0 saturated carbocycles. The standard InChI is InChI=1S/C13H30N2O/c1-5-7-9-15(12(3)6-2)10-8-13(11-14)16-4/h12-13H,5-11,14H2,1-4H3. The molecule has 0 aliphatic heterocycles. The van der Waals surface area contributed by atoms with Crippen molar-refractivity contribution in [3.8, 4) is 0 Å². The molecule has 2 N–H and O–H groups in total. The lowest BCUT2D eigenvalue weighted by Gasteiger charge is -2.29. The van der Waals surface area contributed by atoms with Crippen LogP contribution in [0.25, 0.3) is 0 Å². The Balaban J connectivity index is 3.99. The highest BCUT2D eigenvalue weighted by molar-refractivity contribution is 4.69. The molecule has 0 fully saturated rings. The minimum atomic E-state index is 0.216. The minimum Gasteiger partial charge on any atom is -0.380 e. The second kappa shape index (κ2) is 10.1. The molecule has 0 bridgehead atoms. The third-order valence-electron chi connectivity index (χ3n) is 3.35. The maximum atomic E-state index is 5.63. The van der Waals surface area contributed by atoms with E-state index in [0.29, 0.717) is 12.6 Å². The number of methoxy groups -OCH3 is 1. The lowest BCUT2D eigenvalue weighted by Crippen LogP contribution is -2.37. The van der Waals surface area contributed by atoms with Crippen molar-refractivity contribution in [3.63, 3.8) is 0 Å². The van der Waals surface area contributed by atoms with Gasteiger partial charge in [0.2, 0.25) is 0 Å². The maximum absolute atomic E-state index is 5.63. The first-order valence-corrected chi connectivity index (χ1v) is 6.66. The molecule has 98 valence electrons. The van der Waals surface area contributed by atoms with Gasteiger partial charge in [-0.2, -0.15) is 0 Å². The summed E-state index contributed by atoms with van der Waals surface area (Å²) in [5, 5.41) is 0. The van der Waals surface area contributed by atoms with E-state index in [2.05, 4.69) is 25.7 Å². The van der Waals surface area contributed by atoms with E-state index in [1.165, 1.54) is 25.8 Å². The lowest BCUT2D eigenvalue weighted by molar-refractivity contribution is 0.0821. The van der Waals surface area contributed by atoms with Gasteiger partial charge in [0.25, 0.3) is 0 Å². The van der Waals surface area contributed by atoms with Crippen molar-refractivity contribution < 1.29 is 4.74 Å². The largest absolute Gasteiger partial charge is 0.380 e. The molecule has 2 unspecified atom stereocenters. The monoisotopic (exact) mass is 230 g/mol. The van der Waals surface area contributed by atoms with Crippen molar-refractivity contribution in [3.05, 3.63) is 0 Å². The van der Waals surface area contributed by atoms with Gasteiger partial charge in [0.15, 0.2) is 0 Å². The van der Waals surface area contributed by atoms with Gasteiger partial charge in [-0.15, -0.1) is 0 Å². The van der Waals surface area contributed by atoms with E-state index in [-0.39, 0.29) is 6.10 Å². The number of rotatable bonds is 10. The molecule has 0 aliphatic rings. The van der Waals surface area contributed by atoms with Crippen LogP contribution in [0.5, 0.6) is 0 Å². The van der Waals surface area contributed by atoms with Crippen LogP contribution in [0.3, 0.4) is 0 Å². The quantitative estimate of drug-likeness (QED) is 0.625. The molecule has 3 heteroatoms. The van der Waals surface area contributed by atoms with Crippen LogP contribution in [0, 0.1) is 0 Å². The van der Waals surface area contributed by atoms with Gasteiger partial charge in [0, 0.05) is 26.2 Å². The average Bonchev–Trinajstić information content (AvgIpc) is 2.33. The molecule has 0 aromatic rings. The number of nitrogens with two attached hydrogens (primary N) is 1. The summed E-state index contributed by atoms with van der Waals surface area (Å²) in [5.74, 6) is 0. The van der Waals surface area contributed by atoms with Gasteiger partial charge in [-0.25, -0.2) is 0 Å². The summed E-state index contributed by atoms with van der Waals surface area (Å²) in [7, 11) is 1.75. The van der Waals surface area contributed by atoms with E-state index in [0.717, 1.165) is 13.0 Å². The van der Waals surface area contributed by atoms with Crippen molar-refractivity contribution in [1.29, 1.82) is 0 Å². The molecule has 0 aromatic carbocycles. The molecule has 0 rings (SSSR count). The summed E-state index contributed by atoms with van der Waals surface area (Å²) in [6.45, 7) is 9.72. The fourth-order valence-corrected chi connectivity index (χ4v) is 1.81. The molecule has 0 saturated heterocycles. The van der Waals surface area contributed by atoms with Gasteiger partial charge in [-0.05, 0) is 32.7 Å². The molecule has 2 atom stereocenters. The zero-order chi connectivity index (χ0) is 12.4. The van der Waals surface area contributed by atoms with E-state index in [1.807, 2.05) is 0 Å². The van der Waals surface area contributed by atoms with E-state index in [4.69, 9.17) is 10.5 Å². The number of unbranched alkanes of at least 4 members (excludes halogenated alkanes) is 1. The predicted molar refractivity (Wildman–Crippen MR) is 70.7 cm³/mol. The first-order chi connectivity index (χ1) is 7.69. The first kappa shape index (κ1) is 15.9. The molecular formula is C13H30N2O. The van der Waals surface area contributed by atoms with Crippen molar-refractivity contribution in [1.82, 2.24) is 4.90 Å². The number of hydrogen-bond acceptors (Lipinski definition) is 3. The number of hydrogen-bond donors (Lipinski definition) is 1. The highest BCUT2D eigenvalue weighted by atomic mass is 16.5. The van der Waals surface area contributed by atoms with E-state index in [9.17, 15) is 0 Å². The molecule has 16 heavy (non-hydrogen) atoms. The van der Waals surface area contributed by atoms with Crippen LogP contribution in [0.2, 0.25) is 0 Å². The van der Waals surface area contributed by atoms with Crippen molar-refractivity contribution in [2.75, 3.05) is 26.7 Å². The summed E-state index contributed by atoms with van der Waals surface area (Å²) in [6.07, 6.45) is 5.01. The minimum absolute atomic E-state index is 0.216. The normalized spacial score (nSPS) is 15.4. The first-order valence-electron chi connectivity index (χ1n) is 6.66. The Morgan fingerprint density at radius 2 is 1.94 bits per heavy atom. The highest BCUT2D eigenvalue weighted by Gasteiger charge is 2.13. The Morgan fingerprint density at radius 1 is 1.25 bits per heavy atom. The zero-order valence-corrected chi connectivity index (χ0v) is 11.5. The van der Waals surface area contributed by atoms with Crippen LogP contribution in [-0.4, -0.2) is 43.8 Å². The third-order valence-corrected chi connectivity index (χ3v) is 3.35. The Hall–Kier alpha value is -0.120. The predicted octanol–water partition coefficient (Wildman–Crippen LogP) is 2.25. The Morgan fingerprint density at radius 3 is 2.38 bits per heavy atom. The van der Waals surface area contributed by atoms with Gasteiger partial charge >= 0.3 is 0 Å². The van der Waals surface area contributed by atoms with E-state index < -0.39 is 0 Å². The van der Waals surface area contributed by atoms with Crippen molar-refractivity contribution >= 4 is 0 Å². The van der Waals surface area contributed by atoms with Crippen LogP contribution in [0.15, 0.2) is 0 Å². The molecule has 0 heterocycles. The summed E-state index contributed by atoms with van der Waals surface area (Å²) in [6, 6.07) is 0.668. The van der Waals surface area contributed by atoms with Gasteiger partial charge < -0.3 is 15.4 Å². The Bertz CT molecular complexity index is 149. The van der Waals surface area contributed by atoms with Crippen molar-refractivity contribution in [2.24, 2.45) is 5.73 Å². The van der Waals surface area contributed by atoms with Crippen LogP contribution in [-0.2, 0) is 4.74 Å². The molecule has 0 radical (unpaired) electrons. The Kier molecular flexibility index (Phi) is 9.99. The number of nitrogens with zero attached hydrogens (tertiary/aromatic N) is 1. The lowest BCUT2D eigenvalue weighted by atomic mass is 10.1. The molecule has 3 nitrogen and oxygen atoms in total. The fraction of sp³-hybridized carbons (Fsp3) is 1.00. The van der Waals surface area contributed by atoms with Gasteiger partial charge in [-0.3, -0.25) is 0 Å². The molecule has 0 amide bonds. The van der Waals surface area contributed by atoms with Crippen LogP contribution >= 0.6 is 0 Å². The van der Waals surface area contributed by atoms with Gasteiger partial charge in [0.1, 0.15) is 0 Å². The van der Waals surface area contributed by atoms with E-state index in [1.54, 1.807) is 7.11 Å². The summed E-state index contributed by atoms with van der Waals surface area (Å²) in [4.78, 5) is 2.56. The second-order valence-corrected chi connectivity index (χ2v) is 4.53. The number of ether oxygens (including phenoxy) is 1. The smallest absolute Gasteiger partial charge is 0.0705 e. The summed E-state index contributed by atoms with van der Waals surface area (Å²) >= 11 is 0. The highest BCUT2D eigenvalue weighted by Crippen LogP contribution is 2.08. The summed E-state index contributed by atoms with van der Waals surface area (Å²) < 4.78 is 5.32. The Labute approximate surface area is 101 Å². The maximum Gasteiger partial charge on any atom is 0.0705 e. The molecule has 0 aliphatic carbocycles. The summed E-state index contributed by atoms with van der Waals surface area (Å²) in [5.41, 5.74) is 5.63. The third kappa shape index (κ3) is 6.46. The molecule has 0 aromatic heterocycles. The van der Waals surface area contributed by atoms with Gasteiger partial charge in [0.05, 0.1) is 6.10 Å². The molecular weight excluding hydrogens is 200 g/mol. The van der Waals surface area contributed by atoms with E-state index >= 15 is 0 Å². The second-order valence-electron chi connectivity index (χ2n) is 4.53. The topological polar surface area (TPSA) is 38.5 Å². The van der Waals surface area contributed by atoms with Crippen LogP contribution < -0.4 is 5.73 Å². The van der Waals surface area contributed by atoms with Crippen LogP contribution in [0.4, 0.5) is 0 Å². The SMILES string of the molecule is CCCCN(CCC(CN)OC)C(C)CC. The van der Waals surface area contributed by atoms with Gasteiger partial charge in [-0.1, -0.05) is 20.3 Å². The average molecular weight is 230 g/mol. The van der Waals surface area contributed by atoms with Crippen LogP contribution in [0.1, 0.15) is 46.5 Å². The fourth-order valence-electron chi connectivity index (χ4n) is 1.81. The zero-order valence-electron chi connectivity index (χ0n) is 11.5. The molecule has 0 spiro atoms. The van der Waals surface area contributed by atoms with Crippen molar-refractivity contribution in [2.45, 2.75) is 58.6 Å².